The summed E-state index contributed by atoms with van der Waals surface area (Å²) in [6.07, 6.45) is 4.69. The highest BCUT2D eigenvalue weighted by atomic mass is 16.5. The summed E-state index contributed by atoms with van der Waals surface area (Å²) in [4.78, 5) is 33.2. The first-order valence-electron chi connectivity index (χ1n) is 13.1. The minimum absolute atomic E-state index is 0.0128. The molecule has 0 radical (unpaired) electrons. The summed E-state index contributed by atoms with van der Waals surface area (Å²) in [6, 6.07) is 17.6. The third-order valence-electron chi connectivity index (χ3n) is 7.02. The van der Waals surface area contributed by atoms with Crippen LogP contribution in [0.3, 0.4) is 0 Å². The van der Waals surface area contributed by atoms with Gasteiger partial charge in [0.1, 0.15) is 12.4 Å². The molecule has 0 aliphatic carbocycles. The summed E-state index contributed by atoms with van der Waals surface area (Å²) in [5.41, 5.74) is 3.16. The summed E-state index contributed by atoms with van der Waals surface area (Å²) in [5, 5.41) is 0. The van der Waals surface area contributed by atoms with Gasteiger partial charge in [0, 0.05) is 69.5 Å². The number of rotatable bonds is 6. The van der Waals surface area contributed by atoms with E-state index in [1.165, 1.54) is 7.11 Å². The number of benzene rings is 2. The smallest absolute Gasteiger partial charge is 0.254 e. The van der Waals surface area contributed by atoms with Crippen LogP contribution < -0.4 is 9.64 Å². The van der Waals surface area contributed by atoms with Gasteiger partial charge in [-0.3, -0.25) is 14.5 Å². The van der Waals surface area contributed by atoms with Crippen molar-refractivity contribution < 1.29 is 19.1 Å². The number of hydrogen-bond donors (Lipinski definition) is 0. The van der Waals surface area contributed by atoms with Crippen LogP contribution in [0.1, 0.15) is 36.2 Å². The molecule has 1 aliphatic heterocycles. The molecular formula is C30H38N4O4. The van der Waals surface area contributed by atoms with E-state index < -0.39 is 0 Å². The van der Waals surface area contributed by atoms with Gasteiger partial charge in [0.15, 0.2) is 0 Å². The lowest BCUT2D eigenvalue weighted by Crippen LogP contribution is -2.41. The summed E-state index contributed by atoms with van der Waals surface area (Å²) in [6.45, 7) is 7.48. The molecule has 202 valence electrons. The average Bonchev–Trinajstić information content (AvgIpc) is 3.45. The van der Waals surface area contributed by atoms with Gasteiger partial charge >= 0.3 is 0 Å². The van der Waals surface area contributed by atoms with E-state index in [2.05, 4.69) is 18.7 Å². The molecule has 0 fully saturated rings. The monoisotopic (exact) mass is 518 g/mol. The van der Waals surface area contributed by atoms with Gasteiger partial charge < -0.3 is 23.8 Å². The van der Waals surface area contributed by atoms with E-state index in [-0.39, 0.29) is 18.4 Å². The Morgan fingerprint density at radius 2 is 1.66 bits per heavy atom. The van der Waals surface area contributed by atoms with E-state index >= 15 is 0 Å². The van der Waals surface area contributed by atoms with Crippen LogP contribution in [-0.4, -0.2) is 79.2 Å². The SMILES string of the molecule is COCC(=O)N1CCCN(C(C)C)CCN(C(=O)c2ccc(OC)c(-n3cccc3)c2)Cc2ccccc21. The highest BCUT2D eigenvalue weighted by Crippen LogP contribution is 2.27. The topological polar surface area (TPSA) is 67.2 Å². The third kappa shape index (κ3) is 6.26. The molecule has 2 aromatic carbocycles. The van der Waals surface area contributed by atoms with Gasteiger partial charge in [-0.15, -0.1) is 0 Å². The maximum absolute atomic E-state index is 14.0. The van der Waals surface area contributed by atoms with Crippen LogP contribution in [0.15, 0.2) is 67.0 Å². The zero-order valence-corrected chi connectivity index (χ0v) is 22.8. The van der Waals surface area contributed by atoms with Crippen LogP contribution in [0.2, 0.25) is 0 Å². The molecule has 0 bridgehead atoms. The number of anilines is 1. The zero-order valence-electron chi connectivity index (χ0n) is 22.8. The van der Waals surface area contributed by atoms with Crippen LogP contribution in [0.4, 0.5) is 5.69 Å². The van der Waals surface area contributed by atoms with Crippen molar-refractivity contribution in [1.29, 1.82) is 0 Å². The van der Waals surface area contributed by atoms with Gasteiger partial charge in [-0.05, 0) is 62.2 Å². The van der Waals surface area contributed by atoms with Gasteiger partial charge in [-0.2, -0.15) is 0 Å². The Balaban J connectivity index is 1.72. The van der Waals surface area contributed by atoms with Crippen molar-refractivity contribution in [3.63, 3.8) is 0 Å². The largest absolute Gasteiger partial charge is 0.495 e. The van der Waals surface area contributed by atoms with Crippen molar-refractivity contribution >= 4 is 17.5 Å². The fourth-order valence-electron chi connectivity index (χ4n) is 4.96. The summed E-state index contributed by atoms with van der Waals surface area (Å²) in [5.74, 6) is 0.548. The van der Waals surface area contributed by atoms with E-state index in [0.29, 0.717) is 37.0 Å². The predicted octanol–water partition coefficient (Wildman–Crippen LogP) is 4.22. The van der Waals surface area contributed by atoms with Gasteiger partial charge in [-0.1, -0.05) is 18.2 Å². The Hall–Kier alpha value is -3.62. The number of carbonyl (C=O) groups is 2. The van der Waals surface area contributed by atoms with Crippen molar-refractivity contribution in [2.75, 3.05) is 51.9 Å². The molecule has 2 amide bonds. The molecule has 0 saturated heterocycles. The first-order chi connectivity index (χ1) is 18.4. The van der Waals surface area contributed by atoms with Crippen LogP contribution in [0.25, 0.3) is 5.69 Å². The van der Waals surface area contributed by atoms with E-state index in [4.69, 9.17) is 9.47 Å². The first-order valence-corrected chi connectivity index (χ1v) is 13.1. The molecule has 0 N–H and O–H groups in total. The quantitative estimate of drug-likeness (QED) is 0.489. The van der Waals surface area contributed by atoms with Crippen molar-refractivity contribution in [3.8, 4) is 11.4 Å². The number of amides is 2. The molecular weight excluding hydrogens is 480 g/mol. The maximum Gasteiger partial charge on any atom is 0.254 e. The molecule has 1 aromatic heterocycles. The normalized spacial score (nSPS) is 15.2. The molecule has 1 aliphatic rings. The van der Waals surface area contributed by atoms with E-state index in [0.717, 1.165) is 36.4 Å². The lowest BCUT2D eigenvalue weighted by molar-refractivity contribution is -0.122. The standard InChI is InChI=1S/C30H38N4O4/c1-23(2)31-16-9-17-34(29(35)22-37-3)26-11-6-5-10-25(26)21-33(19-18-31)30(36)24-12-13-28(38-4)27(20-24)32-14-7-8-15-32/h5-8,10-15,20,23H,9,16-19,21-22H2,1-4H3. The van der Waals surface area contributed by atoms with Crippen molar-refractivity contribution in [3.05, 3.63) is 78.1 Å². The summed E-state index contributed by atoms with van der Waals surface area (Å²) in [7, 11) is 3.17. The molecule has 8 heteroatoms. The second-order valence-electron chi connectivity index (χ2n) is 9.79. The van der Waals surface area contributed by atoms with E-state index in [1.54, 1.807) is 7.11 Å². The molecule has 0 unspecified atom stereocenters. The Morgan fingerprint density at radius 3 is 2.37 bits per heavy atom. The molecule has 8 nitrogen and oxygen atoms in total. The minimum atomic E-state index is -0.0836. The van der Waals surface area contributed by atoms with Crippen LogP contribution in [0.5, 0.6) is 5.75 Å². The molecule has 3 aromatic rings. The summed E-state index contributed by atoms with van der Waals surface area (Å²) >= 11 is 0. The molecule has 4 rings (SSSR count). The fraction of sp³-hybridized carbons (Fsp3) is 0.400. The highest BCUT2D eigenvalue weighted by molar-refractivity contribution is 5.96. The van der Waals surface area contributed by atoms with Gasteiger partial charge in [0.2, 0.25) is 0 Å². The van der Waals surface area contributed by atoms with Crippen molar-refractivity contribution in [2.24, 2.45) is 0 Å². The second-order valence-corrected chi connectivity index (χ2v) is 9.79. The number of nitrogens with zero attached hydrogens (tertiary/aromatic N) is 4. The van der Waals surface area contributed by atoms with Crippen molar-refractivity contribution in [2.45, 2.75) is 32.9 Å². The predicted molar refractivity (Wildman–Crippen MR) is 149 cm³/mol. The molecule has 0 atom stereocenters. The van der Waals surface area contributed by atoms with E-state index in [1.807, 2.05) is 81.4 Å². The number of para-hydroxylation sites is 1. The van der Waals surface area contributed by atoms with Gasteiger partial charge in [-0.25, -0.2) is 0 Å². The maximum atomic E-state index is 14.0. The number of carbonyl (C=O) groups excluding carboxylic acids is 2. The highest BCUT2D eigenvalue weighted by Gasteiger charge is 2.25. The fourth-order valence-corrected chi connectivity index (χ4v) is 4.96. The molecule has 2 heterocycles. The molecule has 0 spiro atoms. The summed E-state index contributed by atoms with van der Waals surface area (Å²) < 4.78 is 12.7. The lowest BCUT2D eigenvalue weighted by Gasteiger charge is -2.30. The molecule has 38 heavy (non-hydrogen) atoms. The average molecular weight is 519 g/mol. The Labute approximate surface area is 225 Å². The number of ether oxygens (including phenoxy) is 2. The Morgan fingerprint density at radius 1 is 0.895 bits per heavy atom. The Bertz CT molecular complexity index is 1220. The number of methoxy groups -OCH3 is 2. The van der Waals surface area contributed by atoms with Gasteiger partial charge in [0.25, 0.3) is 11.8 Å². The first kappa shape index (κ1) is 27.4. The van der Waals surface area contributed by atoms with Crippen LogP contribution in [-0.2, 0) is 16.1 Å². The third-order valence-corrected chi connectivity index (χ3v) is 7.02. The number of fused-ring (bicyclic) bond motifs is 1. The van der Waals surface area contributed by atoms with Crippen molar-refractivity contribution in [1.82, 2.24) is 14.4 Å². The number of aromatic nitrogens is 1. The van der Waals surface area contributed by atoms with Crippen LogP contribution >= 0.6 is 0 Å². The second kappa shape index (κ2) is 12.8. The molecule has 0 saturated carbocycles. The Kier molecular flexibility index (Phi) is 9.20. The zero-order chi connectivity index (χ0) is 27.1. The van der Waals surface area contributed by atoms with Crippen LogP contribution in [0, 0.1) is 0 Å². The lowest BCUT2D eigenvalue weighted by atomic mass is 10.1. The minimum Gasteiger partial charge on any atom is -0.495 e. The number of hydrogen-bond acceptors (Lipinski definition) is 5. The van der Waals surface area contributed by atoms with E-state index in [9.17, 15) is 9.59 Å². The van der Waals surface area contributed by atoms with Gasteiger partial charge in [0.05, 0.1) is 12.8 Å².